The Bertz CT molecular complexity index is 713. The summed E-state index contributed by atoms with van der Waals surface area (Å²) < 4.78 is 40.8. The summed E-state index contributed by atoms with van der Waals surface area (Å²) in [5.41, 5.74) is 0.299. The molecule has 114 valence electrons. The molecular weight excluding hydrogens is 313 g/mol. The molecule has 0 saturated carbocycles. The van der Waals surface area contributed by atoms with E-state index < -0.39 is 21.9 Å². The van der Waals surface area contributed by atoms with Gasteiger partial charge in [-0.3, -0.25) is 0 Å². The summed E-state index contributed by atoms with van der Waals surface area (Å²) in [5.74, 6) is -0.445. The van der Waals surface area contributed by atoms with Crippen LogP contribution in [0.1, 0.15) is 23.4 Å². The van der Waals surface area contributed by atoms with Gasteiger partial charge in [0.2, 0.25) is 0 Å². The fraction of sp³-hybridized carbons (Fsp3) is 0.286. The zero-order chi connectivity index (χ0) is 15.5. The van der Waals surface area contributed by atoms with Crippen molar-refractivity contribution in [3.63, 3.8) is 0 Å². The highest BCUT2D eigenvalue weighted by atomic mass is 32.2. The number of hydrogen-bond acceptors (Lipinski definition) is 4. The number of halogens is 1. The van der Waals surface area contributed by atoms with E-state index in [-0.39, 0.29) is 10.8 Å². The molecule has 2 rings (SSSR count). The Labute approximate surface area is 127 Å². The van der Waals surface area contributed by atoms with Gasteiger partial charge in [-0.2, -0.15) is 0 Å². The highest BCUT2D eigenvalue weighted by Crippen LogP contribution is 2.24. The van der Waals surface area contributed by atoms with Gasteiger partial charge in [0.15, 0.2) is 0 Å². The maximum atomic E-state index is 13.7. The topological polar surface area (TPSA) is 66.4 Å². The minimum Gasteiger partial charge on any atom is -0.396 e. The summed E-state index contributed by atoms with van der Waals surface area (Å²) in [6.45, 7) is 1.57. The standard InChI is InChI=1S/C14H16FNO3S2/c1-10(12-4-2-3-5-13(12)15)16-21(18,19)14-7-6-11(20-14)8-9-17/h2-7,10,16-17H,8-9H2,1H3. The van der Waals surface area contributed by atoms with Gasteiger partial charge in [-0.15, -0.1) is 11.3 Å². The number of nitrogens with one attached hydrogen (secondary N) is 1. The third-order valence-corrected chi connectivity index (χ3v) is 6.14. The molecule has 0 aliphatic rings. The van der Waals surface area contributed by atoms with E-state index in [1.807, 2.05) is 0 Å². The monoisotopic (exact) mass is 329 g/mol. The van der Waals surface area contributed by atoms with E-state index in [0.29, 0.717) is 12.0 Å². The normalized spacial score (nSPS) is 13.3. The number of hydrogen-bond donors (Lipinski definition) is 2. The predicted molar refractivity (Wildman–Crippen MR) is 80.2 cm³/mol. The maximum Gasteiger partial charge on any atom is 0.250 e. The number of sulfonamides is 1. The number of thiophene rings is 1. The highest BCUT2D eigenvalue weighted by molar-refractivity contribution is 7.91. The first-order valence-corrected chi connectivity index (χ1v) is 8.70. The Morgan fingerprint density at radius 2 is 2.00 bits per heavy atom. The molecule has 7 heteroatoms. The molecule has 1 unspecified atom stereocenters. The largest absolute Gasteiger partial charge is 0.396 e. The maximum absolute atomic E-state index is 13.7. The number of aliphatic hydroxyl groups excluding tert-OH is 1. The minimum absolute atomic E-state index is 0.0287. The molecule has 1 heterocycles. The van der Waals surface area contributed by atoms with Crippen LogP contribution in [-0.4, -0.2) is 20.1 Å². The van der Waals surface area contributed by atoms with E-state index in [2.05, 4.69) is 4.72 Å². The summed E-state index contributed by atoms with van der Waals surface area (Å²) in [5, 5.41) is 8.86. The fourth-order valence-electron chi connectivity index (χ4n) is 1.93. The van der Waals surface area contributed by atoms with Gasteiger partial charge in [-0.05, 0) is 25.1 Å². The molecule has 0 bridgehead atoms. The Morgan fingerprint density at radius 1 is 1.29 bits per heavy atom. The van der Waals surface area contributed by atoms with Crippen molar-refractivity contribution >= 4 is 21.4 Å². The van der Waals surface area contributed by atoms with Crippen molar-refractivity contribution in [3.05, 3.63) is 52.7 Å². The van der Waals surface area contributed by atoms with Gasteiger partial charge in [0.05, 0.1) is 0 Å². The second-order valence-electron chi connectivity index (χ2n) is 4.56. The molecule has 0 aliphatic heterocycles. The first-order valence-electron chi connectivity index (χ1n) is 6.40. The first-order chi connectivity index (χ1) is 9.94. The zero-order valence-corrected chi connectivity index (χ0v) is 13.0. The lowest BCUT2D eigenvalue weighted by Gasteiger charge is -2.14. The third-order valence-electron chi connectivity index (χ3n) is 2.96. The summed E-state index contributed by atoms with van der Waals surface area (Å²) in [4.78, 5) is 0.788. The summed E-state index contributed by atoms with van der Waals surface area (Å²) in [7, 11) is -3.70. The molecule has 0 saturated heterocycles. The molecule has 0 spiro atoms. The van der Waals surface area contributed by atoms with Gasteiger partial charge in [0.1, 0.15) is 10.0 Å². The van der Waals surface area contributed by atoms with Crippen LogP contribution in [-0.2, 0) is 16.4 Å². The first kappa shape index (κ1) is 16.1. The molecule has 21 heavy (non-hydrogen) atoms. The Balaban J connectivity index is 2.18. The van der Waals surface area contributed by atoms with Crippen LogP contribution in [0.4, 0.5) is 4.39 Å². The smallest absolute Gasteiger partial charge is 0.250 e. The van der Waals surface area contributed by atoms with Crippen molar-refractivity contribution < 1.29 is 17.9 Å². The second kappa shape index (κ2) is 6.65. The van der Waals surface area contributed by atoms with E-state index in [0.717, 1.165) is 16.2 Å². The van der Waals surface area contributed by atoms with Crippen molar-refractivity contribution in [2.24, 2.45) is 0 Å². The van der Waals surface area contributed by atoms with Crippen LogP contribution in [0, 0.1) is 5.82 Å². The lowest BCUT2D eigenvalue weighted by atomic mass is 10.1. The Morgan fingerprint density at radius 3 is 2.67 bits per heavy atom. The van der Waals surface area contributed by atoms with Crippen molar-refractivity contribution in [1.29, 1.82) is 0 Å². The Hall–Kier alpha value is -1.28. The van der Waals surface area contributed by atoms with E-state index in [1.165, 1.54) is 12.1 Å². The highest BCUT2D eigenvalue weighted by Gasteiger charge is 2.21. The molecule has 1 atom stereocenters. The number of benzene rings is 1. The van der Waals surface area contributed by atoms with Gasteiger partial charge in [-0.25, -0.2) is 17.5 Å². The van der Waals surface area contributed by atoms with E-state index >= 15 is 0 Å². The number of aliphatic hydroxyl groups is 1. The van der Waals surface area contributed by atoms with Crippen LogP contribution in [0.2, 0.25) is 0 Å². The van der Waals surface area contributed by atoms with Gasteiger partial charge in [-0.1, -0.05) is 18.2 Å². The number of rotatable bonds is 6. The molecule has 2 N–H and O–H groups in total. The molecule has 1 aromatic carbocycles. The zero-order valence-electron chi connectivity index (χ0n) is 11.4. The Kier molecular flexibility index (Phi) is 5.10. The van der Waals surface area contributed by atoms with Crippen LogP contribution in [0.5, 0.6) is 0 Å². The lowest BCUT2D eigenvalue weighted by molar-refractivity contribution is 0.300. The average molecular weight is 329 g/mol. The SMILES string of the molecule is CC(NS(=O)(=O)c1ccc(CCO)s1)c1ccccc1F. The molecule has 0 radical (unpaired) electrons. The second-order valence-corrected chi connectivity index (χ2v) is 7.67. The summed E-state index contributed by atoms with van der Waals surface area (Å²) in [6.07, 6.45) is 0.420. The quantitative estimate of drug-likeness (QED) is 0.855. The van der Waals surface area contributed by atoms with Crippen LogP contribution in [0.3, 0.4) is 0 Å². The molecule has 0 aliphatic carbocycles. The molecular formula is C14H16FNO3S2. The fourth-order valence-corrected chi connectivity index (χ4v) is 4.51. The van der Waals surface area contributed by atoms with Crippen LogP contribution in [0.15, 0.2) is 40.6 Å². The average Bonchev–Trinajstić information content (AvgIpc) is 2.88. The third kappa shape index (κ3) is 3.88. The van der Waals surface area contributed by atoms with Gasteiger partial charge in [0, 0.05) is 29.5 Å². The van der Waals surface area contributed by atoms with Gasteiger partial charge >= 0.3 is 0 Å². The van der Waals surface area contributed by atoms with Crippen LogP contribution < -0.4 is 4.72 Å². The molecule has 4 nitrogen and oxygen atoms in total. The van der Waals surface area contributed by atoms with Crippen molar-refractivity contribution in [2.75, 3.05) is 6.61 Å². The van der Waals surface area contributed by atoms with Crippen molar-refractivity contribution in [1.82, 2.24) is 4.72 Å². The molecule has 0 amide bonds. The van der Waals surface area contributed by atoms with E-state index in [4.69, 9.17) is 5.11 Å². The summed E-state index contributed by atoms with van der Waals surface area (Å²) in [6, 6.07) is 8.56. The van der Waals surface area contributed by atoms with Crippen molar-refractivity contribution in [3.8, 4) is 0 Å². The molecule has 1 aromatic heterocycles. The lowest BCUT2D eigenvalue weighted by Crippen LogP contribution is -2.26. The summed E-state index contributed by atoms with van der Waals surface area (Å²) >= 11 is 1.10. The van der Waals surface area contributed by atoms with Gasteiger partial charge < -0.3 is 5.11 Å². The predicted octanol–water partition coefficient (Wildman–Crippen LogP) is 2.46. The van der Waals surface area contributed by atoms with E-state index in [9.17, 15) is 12.8 Å². The van der Waals surface area contributed by atoms with E-state index in [1.54, 1.807) is 31.2 Å². The van der Waals surface area contributed by atoms with Crippen LogP contribution >= 0.6 is 11.3 Å². The van der Waals surface area contributed by atoms with Gasteiger partial charge in [0.25, 0.3) is 10.0 Å². The molecule has 2 aromatic rings. The molecule has 0 fully saturated rings. The minimum atomic E-state index is -3.70. The van der Waals surface area contributed by atoms with Crippen molar-refractivity contribution in [2.45, 2.75) is 23.6 Å². The van der Waals surface area contributed by atoms with Crippen LogP contribution in [0.25, 0.3) is 0 Å².